The number of aromatic nitrogens is 2. The Morgan fingerprint density at radius 1 is 1.33 bits per heavy atom. The highest BCUT2D eigenvalue weighted by Crippen LogP contribution is 2.18. The monoisotopic (exact) mass is 344 g/mol. The van der Waals surface area contributed by atoms with Crippen molar-refractivity contribution in [2.24, 2.45) is 0 Å². The Balaban J connectivity index is 1.75. The van der Waals surface area contributed by atoms with Gasteiger partial charge in [0, 0.05) is 16.9 Å². The minimum Gasteiger partial charge on any atom is -0.426 e. The van der Waals surface area contributed by atoms with Gasteiger partial charge in [0.25, 0.3) is 0 Å². The molecule has 0 saturated carbocycles. The van der Waals surface area contributed by atoms with E-state index >= 15 is 0 Å². The third-order valence-corrected chi connectivity index (χ3v) is 3.57. The molecule has 21 heavy (non-hydrogen) atoms. The van der Waals surface area contributed by atoms with Crippen LogP contribution >= 0.6 is 15.9 Å². The molecule has 0 spiro atoms. The number of carbonyl (C=O) groups excluding carboxylic acids is 1. The lowest BCUT2D eigenvalue weighted by atomic mass is 10.3. The van der Waals surface area contributed by atoms with Crippen LogP contribution in [-0.4, -0.2) is 15.4 Å². The number of ether oxygens (including phenoxy) is 1. The third kappa shape index (κ3) is 3.13. The molecule has 0 N–H and O–H groups in total. The van der Waals surface area contributed by atoms with Crippen molar-refractivity contribution in [3.63, 3.8) is 0 Å². The van der Waals surface area contributed by atoms with E-state index in [1.165, 1.54) is 0 Å². The molecule has 0 saturated heterocycles. The maximum absolute atomic E-state index is 12.0. The Kier molecular flexibility index (Phi) is 3.75. The molecule has 0 amide bonds. The predicted octanol–water partition coefficient (Wildman–Crippen LogP) is 3.55. The molecule has 2 heterocycles. The molecule has 0 radical (unpaired) electrons. The maximum atomic E-state index is 12.0. The summed E-state index contributed by atoms with van der Waals surface area (Å²) in [5, 5.41) is 0. The van der Waals surface area contributed by atoms with E-state index in [9.17, 15) is 4.79 Å². The zero-order valence-electron chi connectivity index (χ0n) is 11.4. The van der Waals surface area contributed by atoms with E-state index in [1.807, 2.05) is 48.0 Å². The molecule has 5 heteroatoms. The number of carbonyl (C=O) groups is 1. The van der Waals surface area contributed by atoms with Gasteiger partial charge < -0.3 is 9.14 Å². The Hall–Kier alpha value is -2.14. The van der Waals surface area contributed by atoms with Crippen LogP contribution in [-0.2, 0) is 11.2 Å². The predicted molar refractivity (Wildman–Crippen MR) is 83.4 cm³/mol. The number of benzene rings is 1. The van der Waals surface area contributed by atoms with Crippen molar-refractivity contribution < 1.29 is 9.53 Å². The number of halogens is 1. The van der Waals surface area contributed by atoms with Gasteiger partial charge in [-0.05, 0) is 36.8 Å². The quantitative estimate of drug-likeness (QED) is 0.539. The zero-order chi connectivity index (χ0) is 14.8. The van der Waals surface area contributed by atoms with Crippen LogP contribution in [0.15, 0.2) is 53.3 Å². The molecule has 0 aliphatic heterocycles. The van der Waals surface area contributed by atoms with E-state index < -0.39 is 0 Å². The first-order valence-corrected chi connectivity index (χ1v) is 7.30. The van der Waals surface area contributed by atoms with Crippen molar-refractivity contribution in [3.8, 4) is 5.75 Å². The summed E-state index contributed by atoms with van der Waals surface area (Å²) in [5.74, 6) is 0.198. The molecule has 0 bridgehead atoms. The maximum Gasteiger partial charge on any atom is 0.317 e. The van der Waals surface area contributed by atoms with E-state index in [0.29, 0.717) is 11.4 Å². The third-order valence-electron chi connectivity index (χ3n) is 3.08. The van der Waals surface area contributed by atoms with Gasteiger partial charge in [-0.3, -0.25) is 4.79 Å². The fourth-order valence-corrected chi connectivity index (χ4v) is 2.51. The lowest BCUT2D eigenvalue weighted by molar-refractivity contribution is -0.133. The Labute approximate surface area is 130 Å². The van der Waals surface area contributed by atoms with Crippen molar-refractivity contribution in [2.75, 3.05) is 0 Å². The normalized spacial score (nSPS) is 10.8. The van der Waals surface area contributed by atoms with Gasteiger partial charge in [-0.15, -0.1) is 0 Å². The summed E-state index contributed by atoms with van der Waals surface area (Å²) in [6.45, 7) is 1.99. The van der Waals surface area contributed by atoms with Crippen molar-refractivity contribution in [2.45, 2.75) is 13.3 Å². The molecule has 3 aromatic rings. The summed E-state index contributed by atoms with van der Waals surface area (Å²) in [7, 11) is 0. The minimum atomic E-state index is -0.325. The molecular formula is C16H13BrN2O2. The van der Waals surface area contributed by atoms with Crippen molar-refractivity contribution in [1.29, 1.82) is 0 Å². The van der Waals surface area contributed by atoms with Crippen LogP contribution in [0, 0.1) is 6.92 Å². The van der Waals surface area contributed by atoms with Gasteiger partial charge in [0.1, 0.15) is 11.4 Å². The van der Waals surface area contributed by atoms with Crippen molar-refractivity contribution >= 4 is 27.5 Å². The second-order valence-corrected chi connectivity index (χ2v) is 5.68. The standard InChI is InChI=1S/C16H13BrN2O2/c1-11-4-3-7-19-10-13(18-16(11)19)9-15(20)21-14-6-2-5-12(17)8-14/h2-8,10H,9H2,1H3. The first-order valence-electron chi connectivity index (χ1n) is 6.51. The number of pyridine rings is 1. The van der Waals surface area contributed by atoms with Gasteiger partial charge in [-0.1, -0.05) is 28.1 Å². The number of hydrogen-bond donors (Lipinski definition) is 0. The summed E-state index contributed by atoms with van der Waals surface area (Å²) in [4.78, 5) is 16.4. The smallest absolute Gasteiger partial charge is 0.317 e. The van der Waals surface area contributed by atoms with Crippen LogP contribution in [0.4, 0.5) is 0 Å². The number of aryl methyl sites for hydroxylation is 1. The number of esters is 1. The summed E-state index contributed by atoms with van der Waals surface area (Å²) < 4.78 is 8.09. The van der Waals surface area contributed by atoms with Crippen LogP contribution in [0.1, 0.15) is 11.3 Å². The van der Waals surface area contributed by atoms with E-state index in [0.717, 1.165) is 15.7 Å². The number of fused-ring (bicyclic) bond motifs is 1. The van der Waals surface area contributed by atoms with Gasteiger partial charge in [0.05, 0.1) is 12.1 Å². The fourth-order valence-electron chi connectivity index (χ4n) is 2.14. The molecule has 2 aromatic heterocycles. The highest BCUT2D eigenvalue weighted by Gasteiger charge is 2.11. The molecule has 0 fully saturated rings. The molecular weight excluding hydrogens is 332 g/mol. The summed E-state index contributed by atoms with van der Waals surface area (Å²) in [6.07, 6.45) is 3.91. The second kappa shape index (κ2) is 5.69. The number of hydrogen-bond acceptors (Lipinski definition) is 3. The van der Waals surface area contributed by atoms with Crippen LogP contribution in [0.3, 0.4) is 0 Å². The van der Waals surface area contributed by atoms with E-state index in [2.05, 4.69) is 20.9 Å². The molecule has 106 valence electrons. The van der Waals surface area contributed by atoms with Crippen LogP contribution in [0.2, 0.25) is 0 Å². The van der Waals surface area contributed by atoms with Gasteiger partial charge in [0.2, 0.25) is 0 Å². The highest BCUT2D eigenvalue weighted by molar-refractivity contribution is 9.10. The topological polar surface area (TPSA) is 43.6 Å². The summed E-state index contributed by atoms with van der Waals surface area (Å²) in [5.41, 5.74) is 2.64. The largest absolute Gasteiger partial charge is 0.426 e. The molecule has 4 nitrogen and oxygen atoms in total. The highest BCUT2D eigenvalue weighted by atomic mass is 79.9. The van der Waals surface area contributed by atoms with E-state index in [-0.39, 0.29) is 12.4 Å². The minimum absolute atomic E-state index is 0.146. The Bertz CT molecular complexity index is 811. The molecule has 0 unspecified atom stereocenters. The molecule has 1 aromatic carbocycles. The summed E-state index contributed by atoms with van der Waals surface area (Å²) >= 11 is 3.34. The van der Waals surface area contributed by atoms with E-state index in [4.69, 9.17) is 4.74 Å². The molecule has 0 aliphatic carbocycles. The lowest BCUT2D eigenvalue weighted by Gasteiger charge is -2.03. The van der Waals surface area contributed by atoms with Gasteiger partial charge in [-0.2, -0.15) is 0 Å². The van der Waals surface area contributed by atoms with Gasteiger partial charge in [0.15, 0.2) is 0 Å². The van der Waals surface area contributed by atoms with Crippen LogP contribution in [0.25, 0.3) is 5.65 Å². The van der Waals surface area contributed by atoms with E-state index in [1.54, 1.807) is 12.1 Å². The van der Waals surface area contributed by atoms with Gasteiger partial charge >= 0.3 is 5.97 Å². The van der Waals surface area contributed by atoms with Crippen LogP contribution in [0.5, 0.6) is 5.75 Å². The lowest BCUT2D eigenvalue weighted by Crippen LogP contribution is -2.11. The van der Waals surface area contributed by atoms with Crippen LogP contribution < -0.4 is 4.74 Å². The first-order chi connectivity index (χ1) is 10.1. The zero-order valence-corrected chi connectivity index (χ0v) is 13.0. The van der Waals surface area contributed by atoms with Crippen molar-refractivity contribution in [3.05, 3.63) is 64.5 Å². The second-order valence-electron chi connectivity index (χ2n) is 4.76. The average Bonchev–Trinajstić information content (AvgIpc) is 2.82. The van der Waals surface area contributed by atoms with Gasteiger partial charge in [-0.25, -0.2) is 4.98 Å². The SMILES string of the molecule is Cc1cccn2cc(CC(=O)Oc3cccc(Br)c3)nc12. The Morgan fingerprint density at radius 2 is 2.19 bits per heavy atom. The molecule has 3 rings (SSSR count). The number of nitrogens with zero attached hydrogens (tertiary/aromatic N) is 2. The first kappa shape index (κ1) is 13.8. The summed E-state index contributed by atoms with van der Waals surface area (Å²) in [6, 6.07) is 11.1. The Morgan fingerprint density at radius 3 is 2.95 bits per heavy atom. The number of imidazole rings is 1. The number of rotatable bonds is 3. The average molecular weight is 345 g/mol. The fraction of sp³-hybridized carbons (Fsp3) is 0.125. The molecule has 0 aliphatic rings. The van der Waals surface area contributed by atoms with Crippen molar-refractivity contribution in [1.82, 2.24) is 9.38 Å². The molecule has 0 atom stereocenters.